The Kier molecular flexibility index (Phi) is 10.00. The zero-order valence-electron chi connectivity index (χ0n) is 20.5. The molecule has 0 heterocycles. The minimum absolute atomic E-state index is 0.468. The molecule has 1 nitrogen and oxygen atoms in total. The Bertz CT molecular complexity index is 772. The maximum Gasteiger partial charge on any atom is 0.439 e. The summed E-state index contributed by atoms with van der Waals surface area (Å²) in [5, 5.41) is 0. The molecule has 7 heteroatoms. The summed E-state index contributed by atoms with van der Waals surface area (Å²) in [6, 6.07) is 5.22. The molecule has 2 aliphatic carbocycles. The molecule has 0 saturated heterocycles. The average Bonchev–Trinajstić information content (AvgIpc) is 2.83. The van der Waals surface area contributed by atoms with Gasteiger partial charge in [-0.3, -0.25) is 0 Å². The van der Waals surface area contributed by atoms with E-state index in [1.54, 1.807) is 0 Å². The van der Waals surface area contributed by atoms with Crippen LogP contribution in [0.3, 0.4) is 0 Å². The highest BCUT2D eigenvalue weighted by Crippen LogP contribution is 2.43. The summed E-state index contributed by atoms with van der Waals surface area (Å²) < 4.78 is 80.5. The molecule has 3 rings (SSSR count). The van der Waals surface area contributed by atoms with Gasteiger partial charge in [0.05, 0.1) is 0 Å². The minimum Gasteiger partial charge on any atom is -0.430 e. The van der Waals surface area contributed by atoms with Crippen LogP contribution in [-0.4, -0.2) is 18.5 Å². The highest BCUT2D eigenvalue weighted by molar-refractivity contribution is 5.50. The van der Waals surface area contributed by atoms with Crippen LogP contribution in [0.4, 0.5) is 26.3 Å². The van der Waals surface area contributed by atoms with Crippen LogP contribution in [0.15, 0.2) is 30.3 Å². The summed E-state index contributed by atoms with van der Waals surface area (Å²) >= 11 is 0. The predicted octanol–water partition coefficient (Wildman–Crippen LogP) is 9.76. The third kappa shape index (κ3) is 8.45. The van der Waals surface area contributed by atoms with Crippen LogP contribution < -0.4 is 4.74 Å². The summed E-state index contributed by atoms with van der Waals surface area (Å²) in [7, 11) is 0. The molecule has 0 aliphatic heterocycles. The van der Waals surface area contributed by atoms with Crippen molar-refractivity contribution < 1.29 is 31.1 Å². The highest BCUT2D eigenvalue weighted by atomic mass is 19.4. The first-order chi connectivity index (χ1) is 16.6. The van der Waals surface area contributed by atoms with E-state index in [-0.39, 0.29) is 0 Å². The van der Waals surface area contributed by atoms with Crippen LogP contribution in [0.1, 0.15) is 89.5 Å². The first kappa shape index (κ1) is 27.9. The number of alkyl halides is 6. The SMILES string of the molecule is CCCCCC1CCC(C2CCC(C=Cc3ccc(OC(F)(F)C(F)C(F)(F)F)cc3)CC2)CC1. The molecule has 35 heavy (non-hydrogen) atoms. The lowest BCUT2D eigenvalue weighted by atomic mass is 9.68. The maximum absolute atomic E-state index is 13.4. The second-order valence-electron chi connectivity index (χ2n) is 10.4. The van der Waals surface area contributed by atoms with Gasteiger partial charge in [-0.25, -0.2) is 4.39 Å². The Morgan fingerprint density at radius 1 is 0.857 bits per heavy atom. The number of hydrogen-bond acceptors (Lipinski definition) is 1. The van der Waals surface area contributed by atoms with Crippen LogP contribution in [0.25, 0.3) is 6.08 Å². The lowest BCUT2D eigenvalue weighted by Crippen LogP contribution is -2.45. The monoisotopic (exact) mass is 504 g/mol. The van der Waals surface area contributed by atoms with E-state index >= 15 is 0 Å². The molecule has 0 N–H and O–H groups in total. The molecule has 1 aromatic carbocycles. The fraction of sp³-hybridized carbons (Fsp3) is 0.714. The highest BCUT2D eigenvalue weighted by Gasteiger charge is 2.59. The van der Waals surface area contributed by atoms with Crippen LogP contribution in [0.5, 0.6) is 5.75 Å². The number of ether oxygens (including phenoxy) is 1. The molecule has 0 aromatic heterocycles. The summed E-state index contributed by atoms with van der Waals surface area (Å²) in [5.41, 5.74) is 0.733. The van der Waals surface area contributed by atoms with E-state index in [2.05, 4.69) is 17.7 Å². The topological polar surface area (TPSA) is 9.23 Å². The summed E-state index contributed by atoms with van der Waals surface area (Å²) in [4.78, 5) is 0. The number of benzene rings is 1. The largest absolute Gasteiger partial charge is 0.439 e. The predicted molar refractivity (Wildman–Crippen MR) is 127 cm³/mol. The van der Waals surface area contributed by atoms with Gasteiger partial charge in [0.25, 0.3) is 6.17 Å². The molecule has 0 spiro atoms. The minimum atomic E-state index is -5.70. The van der Waals surface area contributed by atoms with E-state index in [4.69, 9.17) is 0 Å². The third-order valence-corrected chi connectivity index (χ3v) is 7.87. The van der Waals surface area contributed by atoms with Gasteiger partial charge in [0.15, 0.2) is 0 Å². The molecular weight excluding hydrogens is 466 g/mol. The van der Waals surface area contributed by atoms with Gasteiger partial charge in [-0.05, 0) is 79.9 Å². The Balaban J connectivity index is 1.41. The van der Waals surface area contributed by atoms with Crippen molar-refractivity contribution in [1.29, 1.82) is 0 Å². The fourth-order valence-electron chi connectivity index (χ4n) is 5.73. The molecular formula is C28H38F6O. The van der Waals surface area contributed by atoms with E-state index in [0.717, 1.165) is 48.3 Å². The van der Waals surface area contributed by atoms with Gasteiger partial charge in [-0.2, -0.15) is 22.0 Å². The molecule has 0 amide bonds. The van der Waals surface area contributed by atoms with Gasteiger partial charge >= 0.3 is 12.3 Å². The van der Waals surface area contributed by atoms with Gasteiger partial charge in [0, 0.05) is 0 Å². The lowest BCUT2D eigenvalue weighted by molar-refractivity contribution is -0.304. The van der Waals surface area contributed by atoms with Gasteiger partial charge in [0.1, 0.15) is 5.75 Å². The molecule has 2 saturated carbocycles. The van der Waals surface area contributed by atoms with Crippen LogP contribution in [-0.2, 0) is 0 Å². The summed E-state index contributed by atoms with van der Waals surface area (Å²) in [5.74, 6) is 2.58. The summed E-state index contributed by atoms with van der Waals surface area (Å²) in [6.07, 6.45) is 4.69. The number of hydrogen-bond donors (Lipinski definition) is 0. The molecule has 2 fully saturated rings. The van der Waals surface area contributed by atoms with Crippen LogP contribution in [0, 0.1) is 23.7 Å². The van der Waals surface area contributed by atoms with Crippen molar-refractivity contribution in [1.82, 2.24) is 0 Å². The molecule has 1 unspecified atom stereocenters. The van der Waals surface area contributed by atoms with Crippen molar-refractivity contribution in [2.24, 2.45) is 23.7 Å². The first-order valence-electron chi connectivity index (χ1n) is 13.1. The summed E-state index contributed by atoms with van der Waals surface area (Å²) in [6.45, 7) is 2.26. The Labute approximate surface area is 205 Å². The van der Waals surface area contributed by atoms with E-state index in [1.165, 1.54) is 76.3 Å². The normalized spacial score (nSPS) is 27.2. The molecule has 1 atom stereocenters. The molecule has 2 aliphatic rings. The van der Waals surface area contributed by atoms with Crippen molar-refractivity contribution in [2.75, 3.05) is 0 Å². The van der Waals surface area contributed by atoms with Crippen LogP contribution >= 0.6 is 0 Å². The molecule has 0 radical (unpaired) electrons. The molecule has 198 valence electrons. The Morgan fingerprint density at radius 2 is 1.43 bits per heavy atom. The lowest BCUT2D eigenvalue weighted by Gasteiger charge is -2.37. The maximum atomic E-state index is 13.4. The van der Waals surface area contributed by atoms with Crippen molar-refractivity contribution in [3.05, 3.63) is 35.9 Å². The van der Waals surface area contributed by atoms with Crippen molar-refractivity contribution in [3.63, 3.8) is 0 Å². The number of halogens is 6. The van der Waals surface area contributed by atoms with Crippen molar-refractivity contribution in [2.45, 2.75) is 102 Å². The van der Waals surface area contributed by atoms with Gasteiger partial charge in [0.2, 0.25) is 0 Å². The third-order valence-electron chi connectivity index (χ3n) is 7.87. The van der Waals surface area contributed by atoms with Gasteiger partial charge < -0.3 is 4.74 Å². The van der Waals surface area contributed by atoms with E-state index < -0.39 is 24.2 Å². The number of unbranched alkanes of at least 4 members (excludes halogenated alkanes) is 2. The Hall–Kier alpha value is -1.66. The standard InChI is InChI=1S/C28H38F6O/c1-2-3-4-5-20-8-14-23(15-9-20)24-16-10-21(11-17-24)6-7-22-12-18-25(19-13-22)35-28(33,34)26(29)27(30,31)32/h6-7,12-13,18-21,23-24,26H,2-5,8-11,14-17H2,1H3. The van der Waals surface area contributed by atoms with E-state index in [0.29, 0.717) is 5.92 Å². The first-order valence-corrected chi connectivity index (χ1v) is 13.1. The van der Waals surface area contributed by atoms with E-state index in [9.17, 15) is 26.3 Å². The molecule has 0 bridgehead atoms. The second kappa shape index (κ2) is 12.5. The fourth-order valence-corrected chi connectivity index (χ4v) is 5.73. The van der Waals surface area contributed by atoms with Gasteiger partial charge in [-0.15, -0.1) is 0 Å². The second-order valence-corrected chi connectivity index (χ2v) is 10.4. The zero-order valence-corrected chi connectivity index (χ0v) is 20.5. The Morgan fingerprint density at radius 3 is 1.97 bits per heavy atom. The van der Waals surface area contributed by atoms with E-state index in [1.807, 2.05) is 6.08 Å². The smallest absolute Gasteiger partial charge is 0.430 e. The molecule has 1 aromatic rings. The number of rotatable bonds is 10. The van der Waals surface area contributed by atoms with Gasteiger partial charge in [-0.1, -0.05) is 69.7 Å². The van der Waals surface area contributed by atoms with Crippen molar-refractivity contribution >= 4 is 6.08 Å². The zero-order chi connectivity index (χ0) is 25.5. The average molecular weight is 505 g/mol. The number of allylic oxidation sites excluding steroid dienone is 1. The van der Waals surface area contributed by atoms with Crippen LogP contribution in [0.2, 0.25) is 0 Å². The quantitative estimate of drug-likeness (QED) is 0.228. The van der Waals surface area contributed by atoms with Crippen molar-refractivity contribution in [3.8, 4) is 5.75 Å².